The third kappa shape index (κ3) is 3.43. The molecule has 0 bridgehead atoms. The third-order valence-corrected chi connectivity index (χ3v) is 4.68. The van der Waals surface area contributed by atoms with Crippen LogP contribution in [0, 0.1) is 10.1 Å². The van der Waals surface area contributed by atoms with Crippen molar-refractivity contribution in [1.29, 1.82) is 0 Å². The second-order valence-electron chi connectivity index (χ2n) is 6.57. The molecule has 0 saturated carbocycles. The molecule has 0 atom stereocenters. The molecule has 3 amide bonds. The van der Waals surface area contributed by atoms with E-state index in [1.165, 1.54) is 12.1 Å². The van der Waals surface area contributed by atoms with Gasteiger partial charge in [-0.25, -0.2) is 0 Å². The molecule has 0 unspecified atom stereocenters. The molecule has 0 aliphatic carbocycles. The van der Waals surface area contributed by atoms with E-state index in [1.807, 2.05) is 6.07 Å². The number of amides is 3. The smallest absolute Gasteiger partial charge is 0.270 e. The van der Waals surface area contributed by atoms with Crippen LogP contribution >= 0.6 is 0 Å². The molecule has 0 saturated heterocycles. The molecule has 1 aliphatic rings. The van der Waals surface area contributed by atoms with Crippen LogP contribution in [-0.4, -0.2) is 44.3 Å². The van der Waals surface area contributed by atoms with Crippen molar-refractivity contribution in [2.24, 2.45) is 0 Å². The summed E-state index contributed by atoms with van der Waals surface area (Å²) in [5, 5.41) is 21.3. The van der Waals surface area contributed by atoms with Gasteiger partial charge >= 0.3 is 0 Å². The summed E-state index contributed by atoms with van der Waals surface area (Å²) in [5.74, 6) is -1.35. The van der Waals surface area contributed by atoms with Crippen LogP contribution < -0.4 is 5.32 Å². The van der Waals surface area contributed by atoms with Crippen molar-refractivity contribution in [2.45, 2.75) is 12.8 Å². The van der Waals surface area contributed by atoms with Gasteiger partial charge in [-0.15, -0.1) is 0 Å². The fourth-order valence-corrected chi connectivity index (χ4v) is 3.23. The van der Waals surface area contributed by atoms with Gasteiger partial charge in [-0.1, -0.05) is 0 Å². The molecule has 3 aromatic rings. The van der Waals surface area contributed by atoms with Crippen molar-refractivity contribution in [1.82, 2.24) is 15.1 Å². The zero-order chi connectivity index (χ0) is 20.5. The van der Waals surface area contributed by atoms with Crippen molar-refractivity contribution in [2.75, 3.05) is 11.9 Å². The molecule has 29 heavy (non-hydrogen) atoms. The minimum absolute atomic E-state index is 0.0153. The maximum absolute atomic E-state index is 12.4. The zero-order valence-electron chi connectivity index (χ0n) is 15.0. The summed E-state index contributed by atoms with van der Waals surface area (Å²) in [6.07, 6.45) is 2.05. The molecule has 146 valence electrons. The van der Waals surface area contributed by atoms with Crippen molar-refractivity contribution in [3.8, 4) is 0 Å². The molecular formula is C19H15N5O5. The fraction of sp³-hybridized carbons (Fsp3) is 0.158. The van der Waals surface area contributed by atoms with Gasteiger partial charge in [0.25, 0.3) is 17.5 Å². The van der Waals surface area contributed by atoms with Gasteiger partial charge in [-0.05, 0) is 30.7 Å². The van der Waals surface area contributed by atoms with Crippen LogP contribution in [0.3, 0.4) is 0 Å². The molecule has 2 aromatic carbocycles. The first-order chi connectivity index (χ1) is 13.9. The highest BCUT2D eigenvalue weighted by Crippen LogP contribution is 2.27. The zero-order valence-corrected chi connectivity index (χ0v) is 15.0. The second-order valence-corrected chi connectivity index (χ2v) is 6.57. The largest absolute Gasteiger partial charge is 0.326 e. The van der Waals surface area contributed by atoms with Gasteiger partial charge in [0.05, 0.1) is 27.8 Å². The second kappa shape index (κ2) is 7.15. The number of nitrogens with one attached hydrogen (secondary N) is 2. The van der Waals surface area contributed by atoms with E-state index in [1.54, 1.807) is 18.3 Å². The van der Waals surface area contributed by atoms with Crippen molar-refractivity contribution >= 4 is 40.0 Å². The Bertz CT molecular complexity index is 1170. The van der Waals surface area contributed by atoms with Crippen LogP contribution in [0.1, 0.15) is 33.6 Å². The average molecular weight is 393 g/mol. The number of hydrogen-bond acceptors (Lipinski definition) is 6. The van der Waals surface area contributed by atoms with Crippen LogP contribution in [0.5, 0.6) is 0 Å². The van der Waals surface area contributed by atoms with Gasteiger partial charge in [0, 0.05) is 36.2 Å². The van der Waals surface area contributed by atoms with Crippen LogP contribution in [-0.2, 0) is 4.79 Å². The lowest BCUT2D eigenvalue weighted by molar-refractivity contribution is -0.384. The van der Waals surface area contributed by atoms with Crippen LogP contribution in [0.25, 0.3) is 10.9 Å². The molecule has 1 aromatic heterocycles. The first-order valence-corrected chi connectivity index (χ1v) is 8.81. The number of nitro benzene ring substituents is 1. The monoisotopic (exact) mass is 393 g/mol. The van der Waals surface area contributed by atoms with E-state index in [4.69, 9.17) is 0 Å². The number of imide groups is 1. The lowest BCUT2D eigenvalue weighted by Gasteiger charge is -2.13. The first-order valence-electron chi connectivity index (χ1n) is 8.81. The lowest BCUT2D eigenvalue weighted by atomic mass is 10.1. The lowest BCUT2D eigenvalue weighted by Crippen LogP contribution is -2.31. The number of nitro groups is 1. The van der Waals surface area contributed by atoms with Crippen molar-refractivity contribution in [3.63, 3.8) is 0 Å². The molecule has 10 heteroatoms. The van der Waals surface area contributed by atoms with E-state index in [9.17, 15) is 24.5 Å². The Kier molecular flexibility index (Phi) is 4.51. The number of H-pyrrole nitrogens is 1. The number of non-ortho nitro benzene ring substituents is 1. The number of carbonyl (C=O) groups excluding carboxylic acids is 3. The van der Waals surface area contributed by atoms with E-state index in [-0.39, 0.29) is 42.1 Å². The molecule has 0 radical (unpaired) electrons. The highest BCUT2D eigenvalue weighted by atomic mass is 16.6. The van der Waals surface area contributed by atoms with E-state index in [0.29, 0.717) is 5.69 Å². The molecule has 2 N–H and O–H groups in total. The quantitative estimate of drug-likeness (QED) is 0.375. The fourth-order valence-electron chi connectivity index (χ4n) is 3.23. The number of aromatic amines is 1. The molecular weight excluding hydrogens is 378 g/mol. The number of fused-ring (bicyclic) bond motifs is 2. The van der Waals surface area contributed by atoms with E-state index >= 15 is 0 Å². The summed E-state index contributed by atoms with van der Waals surface area (Å²) in [6, 6.07) is 8.92. The number of anilines is 1. The molecule has 1 aliphatic heterocycles. The van der Waals surface area contributed by atoms with Gasteiger partial charge in [0.1, 0.15) is 0 Å². The Morgan fingerprint density at radius 2 is 1.93 bits per heavy atom. The van der Waals surface area contributed by atoms with Gasteiger partial charge in [0.15, 0.2) is 0 Å². The van der Waals surface area contributed by atoms with Crippen LogP contribution in [0.15, 0.2) is 42.6 Å². The number of rotatable bonds is 6. The Hall–Kier alpha value is -4.08. The van der Waals surface area contributed by atoms with Crippen molar-refractivity contribution < 1.29 is 19.3 Å². The summed E-state index contributed by atoms with van der Waals surface area (Å²) in [4.78, 5) is 48.2. The van der Waals surface area contributed by atoms with Crippen LogP contribution in [0.2, 0.25) is 0 Å². The van der Waals surface area contributed by atoms with Gasteiger partial charge in [0.2, 0.25) is 5.91 Å². The Morgan fingerprint density at radius 3 is 2.72 bits per heavy atom. The maximum Gasteiger partial charge on any atom is 0.270 e. The normalized spacial score (nSPS) is 13.0. The molecule has 0 fully saturated rings. The average Bonchev–Trinajstić information content (AvgIpc) is 3.25. The number of nitrogens with zero attached hydrogens (tertiary/aromatic N) is 3. The maximum atomic E-state index is 12.4. The Labute approximate surface area is 163 Å². The number of carbonyl (C=O) groups is 3. The minimum atomic E-state index is -0.619. The van der Waals surface area contributed by atoms with E-state index in [0.717, 1.165) is 21.9 Å². The van der Waals surface area contributed by atoms with Gasteiger partial charge in [-0.3, -0.25) is 34.5 Å². The number of hydrogen-bond donors (Lipinski definition) is 2. The SMILES string of the molecule is O=C(CCCN1C(=O)c2ccc([N+](=O)[O-])cc2C1=O)Nc1ccc2cn[nH]c2c1. The minimum Gasteiger partial charge on any atom is -0.326 e. The molecule has 0 spiro atoms. The van der Waals surface area contributed by atoms with Gasteiger partial charge < -0.3 is 5.32 Å². The summed E-state index contributed by atoms with van der Waals surface area (Å²) in [7, 11) is 0. The highest BCUT2D eigenvalue weighted by Gasteiger charge is 2.36. The summed E-state index contributed by atoms with van der Waals surface area (Å²) in [6.45, 7) is 0.0488. The summed E-state index contributed by atoms with van der Waals surface area (Å²) in [5.41, 5.74) is 1.31. The van der Waals surface area contributed by atoms with E-state index in [2.05, 4.69) is 15.5 Å². The van der Waals surface area contributed by atoms with Gasteiger partial charge in [-0.2, -0.15) is 5.10 Å². The Morgan fingerprint density at radius 1 is 1.14 bits per heavy atom. The van der Waals surface area contributed by atoms with E-state index < -0.39 is 16.7 Å². The molecule has 10 nitrogen and oxygen atoms in total. The molecule has 2 heterocycles. The third-order valence-electron chi connectivity index (χ3n) is 4.68. The topological polar surface area (TPSA) is 138 Å². The predicted molar refractivity (Wildman–Crippen MR) is 102 cm³/mol. The standard InChI is InChI=1S/C19H15N5O5/c25-17(21-12-4-3-11-10-20-22-16(11)8-12)2-1-7-23-18(26)14-6-5-13(24(28)29)9-15(14)19(23)27/h3-6,8-10H,1-2,7H2,(H,20,22)(H,21,25). The highest BCUT2D eigenvalue weighted by molar-refractivity contribution is 6.21. The first kappa shape index (κ1) is 18.3. The predicted octanol–water partition coefficient (Wildman–Crippen LogP) is 2.49. The number of benzene rings is 2. The molecule has 4 rings (SSSR count). The summed E-state index contributed by atoms with van der Waals surface area (Å²) < 4.78 is 0. The van der Waals surface area contributed by atoms with Crippen LogP contribution in [0.4, 0.5) is 11.4 Å². The number of aromatic nitrogens is 2. The summed E-state index contributed by atoms with van der Waals surface area (Å²) >= 11 is 0. The Balaban J connectivity index is 1.35. The van der Waals surface area contributed by atoms with Crippen molar-refractivity contribution in [3.05, 3.63) is 63.8 Å².